The first kappa shape index (κ1) is 9.00. The van der Waals surface area contributed by atoms with E-state index in [0.29, 0.717) is 5.41 Å². The number of hydrogen-bond donors (Lipinski definition) is 2. The first-order chi connectivity index (χ1) is 6.27. The minimum atomic E-state index is 0.0882. The molecule has 1 atom stereocenters. The fourth-order valence-electron chi connectivity index (χ4n) is 2.14. The van der Waals surface area contributed by atoms with Crippen LogP contribution in [0.5, 0.6) is 0 Å². The van der Waals surface area contributed by atoms with Crippen LogP contribution in [0, 0.1) is 5.41 Å². The number of aliphatic hydroxyl groups excluding tert-OH is 1. The van der Waals surface area contributed by atoms with Gasteiger partial charge in [0.05, 0.1) is 12.6 Å². The largest absolute Gasteiger partial charge is 0.394 e. The Bertz CT molecular complexity index is 215. The van der Waals surface area contributed by atoms with Gasteiger partial charge in [0.25, 0.3) is 0 Å². The molecule has 1 unspecified atom stereocenters. The quantitative estimate of drug-likeness (QED) is 0.646. The molecule has 0 radical (unpaired) electrons. The summed E-state index contributed by atoms with van der Waals surface area (Å²) in [7, 11) is 0. The Morgan fingerprint density at radius 1 is 1.54 bits per heavy atom. The highest BCUT2D eigenvalue weighted by Gasteiger charge is 2.48. The third-order valence-corrected chi connectivity index (χ3v) is 3.46. The molecule has 0 saturated heterocycles. The molecule has 0 aliphatic heterocycles. The van der Waals surface area contributed by atoms with Crippen molar-refractivity contribution in [2.75, 3.05) is 6.61 Å². The standard InChI is InChI=1S/C10H18N2O/c1-8(7-13)11-12-9-3-6-10(9)4-2-5-10/h8,11,13H,2-7H2,1H3/b12-9-. The summed E-state index contributed by atoms with van der Waals surface area (Å²) < 4.78 is 0. The maximum Gasteiger partial charge on any atom is 0.0646 e. The fourth-order valence-corrected chi connectivity index (χ4v) is 2.14. The normalized spacial score (nSPS) is 29.5. The van der Waals surface area contributed by atoms with Crippen molar-refractivity contribution in [3.8, 4) is 0 Å². The zero-order valence-electron chi connectivity index (χ0n) is 8.21. The first-order valence-corrected chi connectivity index (χ1v) is 5.20. The monoisotopic (exact) mass is 182 g/mol. The molecule has 0 bridgehead atoms. The molecule has 3 nitrogen and oxygen atoms in total. The zero-order valence-corrected chi connectivity index (χ0v) is 8.21. The van der Waals surface area contributed by atoms with E-state index in [-0.39, 0.29) is 12.6 Å². The van der Waals surface area contributed by atoms with Crippen LogP contribution in [-0.4, -0.2) is 23.5 Å². The summed E-state index contributed by atoms with van der Waals surface area (Å²) in [6.45, 7) is 2.10. The smallest absolute Gasteiger partial charge is 0.0646 e. The molecule has 2 rings (SSSR count). The van der Waals surface area contributed by atoms with Crippen molar-refractivity contribution in [3.63, 3.8) is 0 Å². The van der Waals surface area contributed by atoms with Gasteiger partial charge in [0.1, 0.15) is 0 Å². The highest BCUT2D eigenvalue weighted by atomic mass is 16.3. The summed E-state index contributed by atoms with van der Waals surface area (Å²) >= 11 is 0. The van der Waals surface area contributed by atoms with E-state index in [1.54, 1.807) is 0 Å². The van der Waals surface area contributed by atoms with Crippen LogP contribution in [0.4, 0.5) is 0 Å². The maximum atomic E-state index is 8.81. The molecule has 0 heterocycles. The van der Waals surface area contributed by atoms with E-state index in [9.17, 15) is 0 Å². The Kier molecular flexibility index (Phi) is 2.28. The van der Waals surface area contributed by atoms with Crippen molar-refractivity contribution in [1.82, 2.24) is 5.43 Å². The molecule has 0 aromatic carbocycles. The van der Waals surface area contributed by atoms with Gasteiger partial charge in [-0.3, -0.25) is 0 Å². The van der Waals surface area contributed by atoms with E-state index in [4.69, 9.17) is 5.11 Å². The lowest BCUT2D eigenvalue weighted by molar-refractivity contribution is 0.172. The van der Waals surface area contributed by atoms with Crippen LogP contribution >= 0.6 is 0 Å². The van der Waals surface area contributed by atoms with Gasteiger partial charge in [-0.1, -0.05) is 6.42 Å². The second-order valence-electron chi connectivity index (χ2n) is 4.41. The Morgan fingerprint density at radius 2 is 2.31 bits per heavy atom. The predicted octanol–water partition coefficient (Wildman–Crippen LogP) is 1.28. The van der Waals surface area contributed by atoms with Crippen LogP contribution in [0.15, 0.2) is 5.10 Å². The van der Waals surface area contributed by atoms with Crippen LogP contribution in [0.1, 0.15) is 39.0 Å². The van der Waals surface area contributed by atoms with Gasteiger partial charge < -0.3 is 10.5 Å². The van der Waals surface area contributed by atoms with Crippen molar-refractivity contribution < 1.29 is 5.11 Å². The second-order valence-corrected chi connectivity index (χ2v) is 4.41. The summed E-state index contributed by atoms with van der Waals surface area (Å²) in [4.78, 5) is 0. The summed E-state index contributed by atoms with van der Waals surface area (Å²) in [5.41, 5.74) is 4.84. The van der Waals surface area contributed by atoms with Gasteiger partial charge in [0.15, 0.2) is 0 Å². The average molecular weight is 182 g/mol. The summed E-state index contributed by atoms with van der Waals surface area (Å²) in [6, 6.07) is 0.0882. The van der Waals surface area contributed by atoms with E-state index in [1.807, 2.05) is 6.92 Å². The Morgan fingerprint density at radius 3 is 2.69 bits per heavy atom. The topological polar surface area (TPSA) is 44.6 Å². The molecular formula is C10H18N2O. The minimum absolute atomic E-state index is 0.0882. The van der Waals surface area contributed by atoms with Gasteiger partial charge in [0.2, 0.25) is 0 Å². The third kappa shape index (κ3) is 1.46. The zero-order chi connectivity index (χ0) is 9.31. The van der Waals surface area contributed by atoms with Crippen LogP contribution in [0.25, 0.3) is 0 Å². The molecule has 2 fully saturated rings. The molecule has 0 aromatic heterocycles. The highest BCUT2D eigenvalue weighted by molar-refractivity contribution is 5.96. The van der Waals surface area contributed by atoms with Crippen molar-refractivity contribution in [2.45, 2.75) is 45.1 Å². The molecule has 2 aliphatic rings. The van der Waals surface area contributed by atoms with E-state index >= 15 is 0 Å². The Labute approximate surface area is 79.2 Å². The maximum absolute atomic E-state index is 8.81. The van der Waals surface area contributed by atoms with E-state index in [2.05, 4.69) is 10.5 Å². The van der Waals surface area contributed by atoms with Gasteiger partial charge in [-0.05, 0) is 32.6 Å². The molecule has 2 N–H and O–H groups in total. The SMILES string of the molecule is CC(CO)N/N=C1/CCC12CCC2. The fraction of sp³-hybridized carbons (Fsp3) is 0.900. The highest BCUT2D eigenvalue weighted by Crippen LogP contribution is 2.53. The molecular weight excluding hydrogens is 164 g/mol. The number of nitrogens with zero attached hydrogens (tertiary/aromatic N) is 1. The number of rotatable bonds is 3. The summed E-state index contributed by atoms with van der Waals surface area (Å²) in [5, 5.41) is 13.2. The van der Waals surface area contributed by atoms with Crippen LogP contribution < -0.4 is 5.43 Å². The van der Waals surface area contributed by atoms with Gasteiger partial charge in [0, 0.05) is 11.1 Å². The van der Waals surface area contributed by atoms with Gasteiger partial charge in [-0.15, -0.1) is 0 Å². The molecule has 74 valence electrons. The lowest BCUT2D eigenvalue weighted by Crippen LogP contribution is -2.47. The second kappa shape index (κ2) is 3.29. The first-order valence-electron chi connectivity index (χ1n) is 5.20. The molecule has 13 heavy (non-hydrogen) atoms. The van der Waals surface area contributed by atoms with Crippen LogP contribution in [0.2, 0.25) is 0 Å². The van der Waals surface area contributed by atoms with Gasteiger partial charge >= 0.3 is 0 Å². The summed E-state index contributed by atoms with van der Waals surface area (Å²) in [5.74, 6) is 0. The molecule has 2 saturated carbocycles. The number of aliphatic hydroxyl groups is 1. The number of hydrazone groups is 1. The van der Waals surface area contributed by atoms with Crippen molar-refractivity contribution in [3.05, 3.63) is 0 Å². The predicted molar refractivity (Wildman–Crippen MR) is 52.6 cm³/mol. The number of nitrogens with one attached hydrogen (secondary N) is 1. The number of hydrogen-bond acceptors (Lipinski definition) is 3. The lowest BCUT2D eigenvalue weighted by atomic mass is 9.55. The molecule has 1 spiro atoms. The van der Waals surface area contributed by atoms with Crippen molar-refractivity contribution in [1.29, 1.82) is 0 Å². The molecule has 0 aromatic rings. The van der Waals surface area contributed by atoms with E-state index in [0.717, 1.165) is 6.42 Å². The molecule has 0 amide bonds. The average Bonchev–Trinajstić information content (AvgIpc) is 1.99. The van der Waals surface area contributed by atoms with Crippen LogP contribution in [0.3, 0.4) is 0 Å². The van der Waals surface area contributed by atoms with Gasteiger partial charge in [-0.25, -0.2) is 0 Å². The minimum Gasteiger partial charge on any atom is -0.394 e. The van der Waals surface area contributed by atoms with E-state index < -0.39 is 0 Å². The van der Waals surface area contributed by atoms with Gasteiger partial charge in [-0.2, -0.15) is 5.10 Å². The Balaban J connectivity index is 1.86. The molecule has 3 heteroatoms. The third-order valence-electron chi connectivity index (χ3n) is 3.46. The Hall–Kier alpha value is -0.570. The summed E-state index contributed by atoms with van der Waals surface area (Å²) in [6.07, 6.45) is 6.53. The van der Waals surface area contributed by atoms with Crippen molar-refractivity contribution in [2.24, 2.45) is 10.5 Å². The lowest BCUT2D eigenvalue weighted by Gasteiger charge is -2.50. The van der Waals surface area contributed by atoms with E-state index in [1.165, 1.54) is 31.4 Å². The molecule has 2 aliphatic carbocycles. The van der Waals surface area contributed by atoms with Crippen molar-refractivity contribution >= 4 is 5.71 Å². The van der Waals surface area contributed by atoms with Crippen LogP contribution in [-0.2, 0) is 0 Å².